The molecular weight excluding hydrogens is 190 g/mol. The van der Waals surface area contributed by atoms with Gasteiger partial charge in [0.15, 0.2) is 0 Å². The van der Waals surface area contributed by atoms with E-state index in [2.05, 4.69) is 11.0 Å². The number of primary amides is 1. The van der Waals surface area contributed by atoms with Crippen LogP contribution in [0.15, 0.2) is 18.2 Å². The summed E-state index contributed by atoms with van der Waals surface area (Å²) in [5, 5.41) is 0. The Morgan fingerprint density at radius 3 is 3.00 bits per heavy atom. The number of hydrogen-bond acceptors (Lipinski definition) is 3. The van der Waals surface area contributed by atoms with Crippen LogP contribution in [-0.2, 0) is 11.2 Å². The molecule has 80 valence electrons. The third kappa shape index (κ3) is 1.88. The van der Waals surface area contributed by atoms with Gasteiger partial charge in [0.25, 0.3) is 0 Å². The molecule has 0 saturated carbocycles. The lowest BCUT2D eigenvalue weighted by Gasteiger charge is -2.19. The maximum absolute atomic E-state index is 10.7. The van der Waals surface area contributed by atoms with E-state index in [1.165, 1.54) is 5.56 Å². The summed E-state index contributed by atoms with van der Waals surface area (Å²) in [7, 11) is 0. The first-order valence-electron chi connectivity index (χ1n) is 5.09. The zero-order valence-corrected chi connectivity index (χ0v) is 8.57. The molecule has 4 N–H and O–H groups in total. The molecule has 0 aromatic heterocycles. The van der Waals surface area contributed by atoms with Crippen molar-refractivity contribution in [3.8, 4) is 0 Å². The third-order valence-electron chi connectivity index (χ3n) is 2.75. The number of nitrogens with zero attached hydrogens (tertiary/aromatic N) is 1. The van der Waals surface area contributed by atoms with Gasteiger partial charge in [0.1, 0.15) is 0 Å². The largest absolute Gasteiger partial charge is 0.397 e. The van der Waals surface area contributed by atoms with E-state index >= 15 is 0 Å². The van der Waals surface area contributed by atoms with Crippen LogP contribution < -0.4 is 16.4 Å². The van der Waals surface area contributed by atoms with Crippen molar-refractivity contribution >= 4 is 17.3 Å². The third-order valence-corrected chi connectivity index (χ3v) is 2.75. The normalized spacial score (nSPS) is 14.0. The second-order valence-electron chi connectivity index (χ2n) is 3.81. The molecule has 0 bridgehead atoms. The zero-order chi connectivity index (χ0) is 10.8. The van der Waals surface area contributed by atoms with Gasteiger partial charge in [-0.3, -0.25) is 4.79 Å². The number of hydrogen-bond donors (Lipinski definition) is 2. The van der Waals surface area contributed by atoms with Gasteiger partial charge in [-0.1, -0.05) is 12.1 Å². The van der Waals surface area contributed by atoms with E-state index in [1.54, 1.807) is 0 Å². The Balaban J connectivity index is 2.17. The average molecular weight is 205 g/mol. The Hall–Kier alpha value is -1.71. The highest BCUT2D eigenvalue weighted by atomic mass is 16.1. The lowest BCUT2D eigenvalue weighted by atomic mass is 10.1. The summed E-state index contributed by atoms with van der Waals surface area (Å²) in [4.78, 5) is 12.9. The summed E-state index contributed by atoms with van der Waals surface area (Å²) in [5.74, 6) is -0.266. The molecule has 2 rings (SSSR count). The molecule has 4 heteroatoms. The molecule has 0 fully saturated rings. The Labute approximate surface area is 88.9 Å². The summed E-state index contributed by atoms with van der Waals surface area (Å²) < 4.78 is 0. The minimum atomic E-state index is -0.266. The van der Waals surface area contributed by atoms with Crippen molar-refractivity contribution in [1.82, 2.24) is 0 Å². The van der Waals surface area contributed by atoms with Gasteiger partial charge in [0, 0.05) is 19.5 Å². The van der Waals surface area contributed by atoms with Crippen molar-refractivity contribution in [3.63, 3.8) is 0 Å². The SMILES string of the molecule is NC(=O)CCN1CCc2cccc(N)c21. The van der Waals surface area contributed by atoms with Crippen LogP contribution in [-0.4, -0.2) is 19.0 Å². The van der Waals surface area contributed by atoms with Gasteiger partial charge >= 0.3 is 0 Å². The Kier molecular flexibility index (Phi) is 2.49. The molecule has 15 heavy (non-hydrogen) atoms. The van der Waals surface area contributed by atoms with Gasteiger partial charge < -0.3 is 16.4 Å². The van der Waals surface area contributed by atoms with Crippen molar-refractivity contribution in [3.05, 3.63) is 23.8 Å². The van der Waals surface area contributed by atoms with Crippen LogP contribution in [0.2, 0.25) is 0 Å². The minimum absolute atomic E-state index is 0.266. The molecule has 0 saturated heterocycles. The summed E-state index contributed by atoms with van der Waals surface area (Å²) in [5.41, 5.74) is 14.2. The molecule has 1 aromatic rings. The highest BCUT2D eigenvalue weighted by Gasteiger charge is 2.20. The van der Waals surface area contributed by atoms with Crippen molar-refractivity contribution in [2.75, 3.05) is 23.7 Å². The number of nitrogen functional groups attached to an aromatic ring is 1. The van der Waals surface area contributed by atoms with Crippen LogP contribution >= 0.6 is 0 Å². The van der Waals surface area contributed by atoms with Gasteiger partial charge in [-0.15, -0.1) is 0 Å². The van der Waals surface area contributed by atoms with Crippen LogP contribution in [0.1, 0.15) is 12.0 Å². The van der Waals surface area contributed by atoms with E-state index in [1.807, 2.05) is 12.1 Å². The van der Waals surface area contributed by atoms with Gasteiger partial charge in [-0.25, -0.2) is 0 Å². The van der Waals surface area contributed by atoms with E-state index < -0.39 is 0 Å². The molecule has 0 unspecified atom stereocenters. The predicted octanol–water partition coefficient (Wildman–Crippen LogP) is 0.507. The zero-order valence-electron chi connectivity index (χ0n) is 8.57. The molecule has 0 radical (unpaired) electrons. The summed E-state index contributed by atoms with van der Waals surface area (Å²) in [6.07, 6.45) is 1.38. The molecule has 0 atom stereocenters. The van der Waals surface area contributed by atoms with E-state index in [-0.39, 0.29) is 5.91 Å². The molecule has 0 aliphatic carbocycles. The number of benzene rings is 1. The van der Waals surface area contributed by atoms with Crippen molar-refractivity contribution < 1.29 is 4.79 Å². The predicted molar refractivity (Wildman–Crippen MR) is 60.6 cm³/mol. The number of amides is 1. The quantitative estimate of drug-likeness (QED) is 0.706. The average Bonchev–Trinajstić information content (AvgIpc) is 2.59. The summed E-state index contributed by atoms with van der Waals surface area (Å²) in [6, 6.07) is 5.93. The Morgan fingerprint density at radius 2 is 2.27 bits per heavy atom. The summed E-state index contributed by atoms with van der Waals surface area (Å²) in [6.45, 7) is 1.59. The fraction of sp³-hybridized carbons (Fsp3) is 0.364. The van der Waals surface area contributed by atoms with E-state index in [0.29, 0.717) is 13.0 Å². The first kappa shape index (κ1) is 9.83. The van der Waals surface area contributed by atoms with E-state index in [0.717, 1.165) is 24.3 Å². The van der Waals surface area contributed by atoms with Crippen LogP contribution in [0.5, 0.6) is 0 Å². The fourth-order valence-corrected chi connectivity index (χ4v) is 2.03. The highest BCUT2D eigenvalue weighted by molar-refractivity contribution is 5.77. The first-order chi connectivity index (χ1) is 7.18. The molecule has 1 aliphatic heterocycles. The number of nitrogens with two attached hydrogens (primary N) is 2. The lowest BCUT2D eigenvalue weighted by molar-refractivity contribution is -0.117. The smallest absolute Gasteiger partial charge is 0.219 e. The standard InChI is InChI=1S/C11H15N3O/c12-9-3-1-2-8-4-6-14(11(8)9)7-5-10(13)15/h1-3H,4-7,12H2,(H2,13,15). The van der Waals surface area contributed by atoms with Crippen LogP contribution in [0.25, 0.3) is 0 Å². The Bertz CT molecular complexity index is 389. The van der Waals surface area contributed by atoms with Crippen LogP contribution in [0.4, 0.5) is 11.4 Å². The maximum atomic E-state index is 10.7. The maximum Gasteiger partial charge on any atom is 0.219 e. The first-order valence-corrected chi connectivity index (χ1v) is 5.09. The number of carbonyl (C=O) groups excluding carboxylic acids is 1. The fourth-order valence-electron chi connectivity index (χ4n) is 2.03. The Morgan fingerprint density at radius 1 is 1.47 bits per heavy atom. The number of fused-ring (bicyclic) bond motifs is 1. The van der Waals surface area contributed by atoms with Gasteiger partial charge in [0.05, 0.1) is 11.4 Å². The molecule has 1 aliphatic rings. The van der Waals surface area contributed by atoms with Crippen molar-refractivity contribution in [2.24, 2.45) is 5.73 Å². The molecule has 1 heterocycles. The van der Waals surface area contributed by atoms with E-state index in [4.69, 9.17) is 11.5 Å². The number of para-hydroxylation sites is 1. The second kappa shape index (κ2) is 3.81. The highest BCUT2D eigenvalue weighted by Crippen LogP contribution is 2.33. The van der Waals surface area contributed by atoms with Gasteiger partial charge in [-0.05, 0) is 18.1 Å². The molecule has 0 spiro atoms. The molecule has 1 amide bonds. The molecular formula is C11H15N3O. The second-order valence-corrected chi connectivity index (χ2v) is 3.81. The monoisotopic (exact) mass is 205 g/mol. The number of anilines is 2. The number of carbonyl (C=O) groups is 1. The summed E-state index contributed by atoms with van der Waals surface area (Å²) >= 11 is 0. The van der Waals surface area contributed by atoms with Gasteiger partial charge in [0.2, 0.25) is 5.91 Å². The number of rotatable bonds is 3. The molecule has 4 nitrogen and oxygen atoms in total. The van der Waals surface area contributed by atoms with Gasteiger partial charge in [-0.2, -0.15) is 0 Å². The minimum Gasteiger partial charge on any atom is -0.397 e. The van der Waals surface area contributed by atoms with Crippen LogP contribution in [0, 0.1) is 0 Å². The topological polar surface area (TPSA) is 72.4 Å². The molecule has 1 aromatic carbocycles. The lowest BCUT2D eigenvalue weighted by Crippen LogP contribution is -2.26. The van der Waals surface area contributed by atoms with Crippen LogP contribution in [0.3, 0.4) is 0 Å². The van der Waals surface area contributed by atoms with E-state index in [9.17, 15) is 4.79 Å². The van der Waals surface area contributed by atoms with Crippen molar-refractivity contribution in [1.29, 1.82) is 0 Å². The van der Waals surface area contributed by atoms with Crippen molar-refractivity contribution in [2.45, 2.75) is 12.8 Å².